The summed E-state index contributed by atoms with van der Waals surface area (Å²) in [6.45, 7) is 5.02. The maximum Gasteiger partial charge on any atom is 0.253 e. The molecule has 1 fully saturated rings. The Kier molecular flexibility index (Phi) is 5.53. The molecule has 0 radical (unpaired) electrons. The van der Waals surface area contributed by atoms with E-state index in [9.17, 15) is 4.79 Å². The third-order valence-electron chi connectivity index (χ3n) is 5.99. The van der Waals surface area contributed by atoms with Crippen LogP contribution in [0.2, 0.25) is 0 Å². The topological polar surface area (TPSA) is 45.7 Å². The third kappa shape index (κ3) is 3.82. The van der Waals surface area contributed by atoms with Gasteiger partial charge in [-0.2, -0.15) is 0 Å². The fourth-order valence-electron chi connectivity index (χ4n) is 4.12. The Morgan fingerprint density at radius 3 is 2.28 bits per heavy atom. The summed E-state index contributed by atoms with van der Waals surface area (Å²) in [5, 5.41) is 0.993. The molecule has 6 heteroatoms. The first kappa shape index (κ1) is 20.5. The van der Waals surface area contributed by atoms with Gasteiger partial charge in [0, 0.05) is 31.7 Å². The van der Waals surface area contributed by atoms with Crippen molar-refractivity contribution in [3.8, 4) is 16.9 Å². The van der Waals surface area contributed by atoms with Crippen LogP contribution in [0.4, 0.5) is 5.13 Å². The molecule has 0 atom stereocenters. The molecule has 5 nitrogen and oxygen atoms in total. The number of aromatic nitrogens is 1. The van der Waals surface area contributed by atoms with E-state index >= 15 is 0 Å². The van der Waals surface area contributed by atoms with E-state index in [1.54, 1.807) is 18.4 Å². The van der Waals surface area contributed by atoms with Crippen LogP contribution in [0.1, 0.15) is 15.9 Å². The molecule has 0 unspecified atom stereocenters. The van der Waals surface area contributed by atoms with Crippen LogP contribution in [0.25, 0.3) is 21.3 Å². The first-order chi connectivity index (χ1) is 15.6. The minimum absolute atomic E-state index is 0.0890. The maximum atomic E-state index is 13.0. The number of hydrogen-bond donors (Lipinski definition) is 0. The zero-order valence-corrected chi connectivity index (χ0v) is 19.1. The predicted octanol–water partition coefficient (Wildman–Crippen LogP) is 5.24. The fourth-order valence-corrected chi connectivity index (χ4v) is 5.22. The van der Waals surface area contributed by atoms with Gasteiger partial charge in [-0.15, -0.1) is 0 Å². The van der Waals surface area contributed by atoms with E-state index in [1.807, 2.05) is 53.4 Å². The van der Waals surface area contributed by atoms with Crippen LogP contribution >= 0.6 is 11.3 Å². The van der Waals surface area contributed by atoms with E-state index in [4.69, 9.17) is 9.72 Å². The summed E-state index contributed by atoms with van der Waals surface area (Å²) in [5.74, 6) is 0.895. The average Bonchev–Trinajstić information content (AvgIpc) is 3.31. The molecule has 0 saturated carbocycles. The van der Waals surface area contributed by atoms with Gasteiger partial charge in [0.25, 0.3) is 5.91 Å². The Bertz CT molecular complexity index is 1240. The van der Waals surface area contributed by atoms with Gasteiger partial charge in [-0.05, 0) is 41.8 Å². The van der Waals surface area contributed by atoms with Gasteiger partial charge in [0.1, 0.15) is 11.3 Å². The Morgan fingerprint density at radius 1 is 0.906 bits per heavy atom. The van der Waals surface area contributed by atoms with Crippen molar-refractivity contribution in [2.24, 2.45) is 0 Å². The largest absolute Gasteiger partial charge is 0.494 e. The summed E-state index contributed by atoms with van der Waals surface area (Å²) in [6, 6.07) is 22.2. The second-order valence-corrected chi connectivity index (χ2v) is 8.96. The number of rotatable bonds is 4. The number of nitrogens with zero attached hydrogens (tertiary/aromatic N) is 3. The molecular formula is C26H25N3O2S. The molecule has 1 amide bonds. The number of ether oxygens (including phenoxy) is 1. The van der Waals surface area contributed by atoms with Crippen molar-refractivity contribution < 1.29 is 9.53 Å². The predicted molar refractivity (Wildman–Crippen MR) is 131 cm³/mol. The maximum absolute atomic E-state index is 13.0. The second kappa shape index (κ2) is 8.63. The van der Waals surface area contributed by atoms with Crippen LogP contribution in [-0.4, -0.2) is 49.1 Å². The van der Waals surface area contributed by atoms with Crippen LogP contribution in [0, 0.1) is 6.92 Å². The lowest BCUT2D eigenvalue weighted by atomic mass is 10.0. The highest BCUT2D eigenvalue weighted by molar-refractivity contribution is 7.22. The number of hydrogen-bond acceptors (Lipinski definition) is 5. The number of piperazine rings is 1. The van der Waals surface area contributed by atoms with Gasteiger partial charge in [-0.1, -0.05) is 59.9 Å². The lowest BCUT2D eigenvalue weighted by Crippen LogP contribution is -2.48. The van der Waals surface area contributed by atoms with Crippen molar-refractivity contribution in [3.05, 3.63) is 77.9 Å². The van der Waals surface area contributed by atoms with Gasteiger partial charge in [0.2, 0.25) is 0 Å². The van der Waals surface area contributed by atoms with Gasteiger partial charge in [0.05, 0.1) is 11.8 Å². The zero-order valence-electron chi connectivity index (χ0n) is 18.2. The molecule has 0 aliphatic carbocycles. The Labute approximate surface area is 191 Å². The van der Waals surface area contributed by atoms with Gasteiger partial charge in [-0.25, -0.2) is 4.98 Å². The zero-order chi connectivity index (χ0) is 22.1. The molecule has 1 aromatic heterocycles. The van der Waals surface area contributed by atoms with E-state index in [-0.39, 0.29) is 5.91 Å². The number of amides is 1. The molecule has 162 valence electrons. The standard InChI is InChI=1S/C26H25N3O2S/c1-18-8-13-22(31-2)23-24(18)32-26(27-23)29-16-14-28(15-17-29)25(30)21-11-9-20(10-12-21)19-6-4-3-5-7-19/h3-13H,14-17H2,1-2H3. The molecule has 0 bridgehead atoms. The minimum Gasteiger partial charge on any atom is -0.494 e. The van der Waals surface area contributed by atoms with Crippen molar-refractivity contribution in [3.63, 3.8) is 0 Å². The fraction of sp³-hybridized carbons (Fsp3) is 0.231. The number of fused-ring (bicyclic) bond motifs is 1. The minimum atomic E-state index is 0.0890. The molecule has 5 rings (SSSR count). The van der Waals surface area contributed by atoms with Crippen molar-refractivity contribution in [2.45, 2.75) is 6.92 Å². The normalized spacial score (nSPS) is 14.1. The first-order valence-corrected chi connectivity index (χ1v) is 11.6. The molecule has 4 aromatic rings. The summed E-state index contributed by atoms with van der Waals surface area (Å²) >= 11 is 1.70. The van der Waals surface area contributed by atoms with Crippen LogP contribution in [0.5, 0.6) is 5.75 Å². The van der Waals surface area contributed by atoms with E-state index in [1.165, 1.54) is 5.56 Å². The second-order valence-electron chi connectivity index (χ2n) is 7.98. The summed E-state index contributed by atoms with van der Waals surface area (Å²) in [5.41, 5.74) is 5.14. The Balaban J connectivity index is 1.27. The SMILES string of the molecule is COc1ccc(C)c2sc(N3CCN(C(=O)c4ccc(-c5ccccc5)cc4)CC3)nc12. The molecule has 32 heavy (non-hydrogen) atoms. The Morgan fingerprint density at radius 2 is 1.59 bits per heavy atom. The van der Waals surface area contributed by atoms with Crippen molar-refractivity contribution in [1.29, 1.82) is 0 Å². The number of benzene rings is 3. The smallest absolute Gasteiger partial charge is 0.253 e. The summed E-state index contributed by atoms with van der Waals surface area (Å²) in [7, 11) is 1.68. The van der Waals surface area contributed by atoms with Gasteiger partial charge >= 0.3 is 0 Å². The first-order valence-electron chi connectivity index (χ1n) is 10.8. The molecule has 1 saturated heterocycles. The van der Waals surface area contributed by atoms with E-state index in [2.05, 4.69) is 30.0 Å². The summed E-state index contributed by atoms with van der Waals surface area (Å²) in [4.78, 5) is 22.1. The molecule has 2 heterocycles. The molecule has 1 aliphatic heterocycles. The number of methoxy groups -OCH3 is 1. The molecule has 0 N–H and O–H groups in total. The van der Waals surface area contributed by atoms with Gasteiger partial charge in [0.15, 0.2) is 5.13 Å². The molecule has 1 aliphatic rings. The van der Waals surface area contributed by atoms with E-state index in [0.717, 1.165) is 50.9 Å². The highest BCUT2D eigenvalue weighted by Crippen LogP contribution is 2.36. The average molecular weight is 444 g/mol. The molecular weight excluding hydrogens is 418 g/mol. The summed E-state index contributed by atoms with van der Waals surface area (Å²) in [6.07, 6.45) is 0. The number of carbonyl (C=O) groups is 1. The lowest BCUT2D eigenvalue weighted by molar-refractivity contribution is 0.0747. The monoisotopic (exact) mass is 443 g/mol. The number of thiazole rings is 1. The summed E-state index contributed by atoms with van der Waals surface area (Å²) < 4.78 is 6.65. The number of anilines is 1. The quantitative estimate of drug-likeness (QED) is 0.433. The highest BCUT2D eigenvalue weighted by atomic mass is 32.1. The molecule has 3 aromatic carbocycles. The van der Waals surface area contributed by atoms with Crippen molar-refractivity contribution in [1.82, 2.24) is 9.88 Å². The van der Waals surface area contributed by atoms with Crippen LogP contribution in [-0.2, 0) is 0 Å². The highest BCUT2D eigenvalue weighted by Gasteiger charge is 2.24. The van der Waals surface area contributed by atoms with Crippen LogP contribution in [0.15, 0.2) is 66.7 Å². The van der Waals surface area contributed by atoms with E-state index < -0.39 is 0 Å². The van der Waals surface area contributed by atoms with Crippen molar-refractivity contribution in [2.75, 3.05) is 38.2 Å². The van der Waals surface area contributed by atoms with Gasteiger partial charge in [-0.3, -0.25) is 4.79 Å². The number of aryl methyl sites for hydroxylation is 1. The van der Waals surface area contributed by atoms with Crippen LogP contribution < -0.4 is 9.64 Å². The third-order valence-corrected chi connectivity index (χ3v) is 7.24. The van der Waals surface area contributed by atoms with Crippen LogP contribution in [0.3, 0.4) is 0 Å². The number of carbonyl (C=O) groups excluding carboxylic acids is 1. The molecule has 0 spiro atoms. The Hall–Kier alpha value is -3.38. The van der Waals surface area contributed by atoms with E-state index in [0.29, 0.717) is 13.1 Å². The van der Waals surface area contributed by atoms with Gasteiger partial charge < -0.3 is 14.5 Å². The lowest BCUT2D eigenvalue weighted by Gasteiger charge is -2.34. The van der Waals surface area contributed by atoms with Crippen molar-refractivity contribution >= 4 is 32.6 Å².